The minimum absolute atomic E-state index is 0.199. The van der Waals surface area contributed by atoms with E-state index in [1.165, 1.54) is 12.1 Å². The van der Waals surface area contributed by atoms with Crippen LogP contribution < -0.4 is 10.1 Å². The third kappa shape index (κ3) is 5.18. The molecule has 2 rings (SSSR count). The van der Waals surface area contributed by atoms with Gasteiger partial charge in [0.2, 0.25) is 0 Å². The molecule has 1 atom stereocenters. The zero-order valence-corrected chi connectivity index (χ0v) is 14.0. The molecule has 5 nitrogen and oxygen atoms in total. The van der Waals surface area contributed by atoms with Crippen LogP contribution in [-0.2, 0) is 11.0 Å². The van der Waals surface area contributed by atoms with Gasteiger partial charge >= 0.3 is 6.18 Å². The molecule has 0 aliphatic carbocycles. The van der Waals surface area contributed by atoms with E-state index < -0.39 is 41.4 Å². The van der Waals surface area contributed by atoms with E-state index in [4.69, 9.17) is 11.3 Å². The molecule has 1 amide bonds. The summed E-state index contributed by atoms with van der Waals surface area (Å²) >= 11 is 0. The van der Waals surface area contributed by atoms with Crippen molar-refractivity contribution in [3.8, 4) is 5.75 Å². The Morgan fingerprint density at radius 3 is 2.41 bits per heavy atom. The zero-order valence-electron chi connectivity index (χ0n) is 14.0. The SMILES string of the molecule is [C-]#[N+]c1ccc(NC(=O)C(C)(O)COc2ccc(F)cc2)cc1C(F)(F)F. The summed E-state index contributed by atoms with van der Waals surface area (Å²) in [6, 6.07) is 7.50. The molecule has 0 saturated heterocycles. The minimum Gasteiger partial charge on any atom is -0.490 e. The average molecular weight is 382 g/mol. The predicted octanol–water partition coefficient (Wildman–Crippen LogP) is 4.16. The fraction of sp³-hybridized carbons (Fsp3) is 0.222. The Kier molecular flexibility index (Phi) is 5.71. The van der Waals surface area contributed by atoms with Crippen molar-refractivity contribution in [3.63, 3.8) is 0 Å². The van der Waals surface area contributed by atoms with Gasteiger partial charge in [0.05, 0.1) is 12.1 Å². The summed E-state index contributed by atoms with van der Waals surface area (Å²) in [4.78, 5) is 15.0. The highest BCUT2D eigenvalue weighted by Gasteiger charge is 2.35. The van der Waals surface area contributed by atoms with Gasteiger partial charge in [-0.2, -0.15) is 13.2 Å². The lowest BCUT2D eigenvalue weighted by Gasteiger charge is -2.23. The number of amides is 1. The molecule has 0 aromatic heterocycles. The summed E-state index contributed by atoms with van der Waals surface area (Å²) in [6.07, 6.45) is -4.77. The highest BCUT2D eigenvalue weighted by atomic mass is 19.4. The van der Waals surface area contributed by atoms with Crippen LogP contribution in [0, 0.1) is 12.4 Å². The molecule has 1 unspecified atom stereocenters. The van der Waals surface area contributed by atoms with Gasteiger partial charge in [0.1, 0.15) is 18.2 Å². The first kappa shape index (κ1) is 20.2. The summed E-state index contributed by atoms with van der Waals surface area (Å²) in [6.45, 7) is 7.38. The van der Waals surface area contributed by atoms with Crippen LogP contribution in [-0.4, -0.2) is 23.2 Å². The molecule has 142 valence electrons. The number of benzene rings is 2. The lowest BCUT2D eigenvalue weighted by Crippen LogP contribution is -2.45. The Balaban J connectivity index is 2.11. The molecule has 0 radical (unpaired) electrons. The van der Waals surface area contributed by atoms with Crippen LogP contribution in [0.3, 0.4) is 0 Å². The van der Waals surface area contributed by atoms with Crippen LogP contribution in [0.1, 0.15) is 12.5 Å². The quantitative estimate of drug-likeness (QED) is 0.603. The lowest BCUT2D eigenvalue weighted by molar-refractivity contribution is -0.137. The number of rotatable bonds is 5. The van der Waals surface area contributed by atoms with Gasteiger partial charge in [-0.3, -0.25) is 4.79 Å². The Labute approximate surface area is 152 Å². The largest absolute Gasteiger partial charge is 0.490 e. The number of carbonyl (C=O) groups is 1. The Bertz CT molecular complexity index is 872. The maximum Gasteiger partial charge on any atom is 0.407 e. The molecule has 27 heavy (non-hydrogen) atoms. The second-order valence-electron chi connectivity index (χ2n) is 5.81. The molecular formula is C18H14F4N2O3. The van der Waals surface area contributed by atoms with Crippen molar-refractivity contribution in [3.05, 3.63) is 65.3 Å². The number of hydrogen-bond donors (Lipinski definition) is 2. The molecule has 0 bridgehead atoms. The molecule has 2 N–H and O–H groups in total. The van der Waals surface area contributed by atoms with Crippen LogP contribution in [0.5, 0.6) is 5.75 Å². The van der Waals surface area contributed by atoms with Crippen LogP contribution >= 0.6 is 0 Å². The molecule has 0 saturated carbocycles. The first-order chi connectivity index (χ1) is 12.5. The number of aliphatic hydroxyl groups is 1. The monoisotopic (exact) mass is 382 g/mol. The van der Waals surface area contributed by atoms with Crippen LogP contribution in [0.25, 0.3) is 4.85 Å². The van der Waals surface area contributed by atoms with Gasteiger partial charge in [-0.05, 0) is 43.3 Å². The fourth-order valence-corrected chi connectivity index (χ4v) is 2.02. The zero-order chi connectivity index (χ0) is 20.2. The molecular weight excluding hydrogens is 368 g/mol. The smallest absolute Gasteiger partial charge is 0.407 e. The molecule has 0 aliphatic heterocycles. The van der Waals surface area contributed by atoms with Crippen LogP contribution in [0.4, 0.5) is 28.9 Å². The molecule has 0 spiro atoms. The number of hydrogen-bond acceptors (Lipinski definition) is 3. The highest BCUT2D eigenvalue weighted by Crippen LogP contribution is 2.38. The summed E-state index contributed by atoms with van der Waals surface area (Å²) in [5, 5.41) is 12.4. The predicted molar refractivity (Wildman–Crippen MR) is 88.9 cm³/mol. The Hall–Kier alpha value is -3.12. The average Bonchev–Trinajstić information content (AvgIpc) is 2.60. The second-order valence-corrected chi connectivity index (χ2v) is 5.81. The molecule has 2 aromatic rings. The molecule has 9 heteroatoms. The van der Waals surface area contributed by atoms with Gasteiger partial charge in [-0.25, -0.2) is 9.24 Å². The van der Waals surface area contributed by atoms with Crippen molar-refractivity contribution in [2.75, 3.05) is 11.9 Å². The van der Waals surface area contributed by atoms with Gasteiger partial charge in [-0.15, -0.1) is 0 Å². The molecule has 2 aromatic carbocycles. The molecule has 0 fully saturated rings. The molecule has 0 aliphatic rings. The van der Waals surface area contributed by atoms with Gasteiger partial charge < -0.3 is 15.2 Å². The summed E-state index contributed by atoms with van der Waals surface area (Å²) < 4.78 is 57.0. The number of ether oxygens (including phenoxy) is 1. The second kappa shape index (κ2) is 7.63. The summed E-state index contributed by atoms with van der Waals surface area (Å²) in [7, 11) is 0. The Morgan fingerprint density at radius 2 is 1.85 bits per heavy atom. The van der Waals surface area contributed by atoms with Crippen molar-refractivity contribution >= 4 is 17.3 Å². The van der Waals surface area contributed by atoms with Crippen molar-refractivity contribution in [1.29, 1.82) is 0 Å². The Morgan fingerprint density at radius 1 is 1.22 bits per heavy atom. The van der Waals surface area contributed by atoms with Gasteiger partial charge in [0, 0.05) is 5.69 Å². The van der Waals surface area contributed by atoms with Gasteiger partial charge in [-0.1, -0.05) is 6.07 Å². The van der Waals surface area contributed by atoms with Crippen LogP contribution in [0.15, 0.2) is 42.5 Å². The van der Waals surface area contributed by atoms with Crippen molar-refractivity contribution in [1.82, 2.24) is 0 Å². The van der Waals surface area contributed by atoms with Crippen LogP contribution in [0.2, 0.25) is 0 Å². The first-order valence-electron chi connectivity index (χ1n) is 7.54. The fourth-order valence-electron chi connectivity index (χ4n) is 2.02. The third-order valence-corrected chi connectivity index (χ3v) is 3.50. The van der Waals surface area contributed by atoms with Crippen molar-refractivity contribution < 1.29 is 32.2 Å². The number of nitrogens with one attached hydrogen (secondary N) is 1. The van der Waals surface area contributed by atoms with E-state index in [9.17, 15) is 27.5 Å². The van der Waals surface area contributed by atoms with E-state index >= 15 is 0 Å². The van der Waals surface area contributed by atoms with E-state index in [2.05, 4.69) is 10.2 Å². The van der Waals surface area contributed by atoms with Crippen molar-refractivity contribution in [2.24, 2.45) is 0 Å². The number of anilines is 1. The summed E-state index contributed by atoms with van der Waals surface area (Å²) in [5.41, 5.74) is -4.11. The maximum absolute atomic E-state index is 13.0. The topological polar surface area (TPSA) is 62.9 Å². The van der Waals surface area contributed by atoms with E-state index in [1.54, 1.807) is 0 Å². The normalized spacial score (nSPS) is 13.4. The number of carbonyl (C=O) groups excluding carboxylic acids is 1. The number of halogens is 4. The van der Waals surface area contributed by atoms with Gasteiger partial charge in [0.15, 0.2) is 11.3 Å². The summed E-state index contributed by atoms with van der Waals surface area (Å²) in [5.74, 6) is -1.30. The van der Waals surface area contributed by atoms with E-state index in [0.29, 0.717) is 6.07 Å². The van der Waals surface area contributed by atoms with Crippen molar-refractivity contribution in [2.45, 2.75) is 18.7 Å². The van der Waals surface area contributed by atoms with E-state index in [0.717, 1.165) is 31.2 Å². The lowest BCUT2D eigenvalue weighted by atomic mass is 10.1. The highest BCUT2D eigenvalue weighted by molar-refractivity contribution is 5.97. The third-order valence-electron chi connectivity index (χ3n) is 3.50. The molecule has 0 heterocycles. The van der Waals surface area contributed by atoms with E-state index in [-0.39, 0.29) is 11.4 Å². The minimum atomic E-state index is -4.77. The standard InChI is InChI=1S/C18H14F4N2O3/c1-17(26,10-27-13-6-3-11(19)4-7-13)16(25)24-12-5-8-15(23-2)14(9-12)18(20,21)22/h3-9,26H,10H2,1H3,(H,24,25). The van der Waals surface area contributed by atoms with Gasteiger partial charge in [0.25, 0.3) is 5.91 Å². The first-order valence-corrected chi connectivity index (χ1v) is 7.54. The van der Waals surface area contributed by atoms with E-state index in [1.807, 2.05) is 0 Å². The maximum atomic E-state index is 13.0. The number of nitrogens with zero attached hydrogens (tertiary/aromatic N) is 1. The number of alkyl halides is 3.